The highest BCUT2D eigenvalue weighted by atomic mass is 35.5. The molecule has 1 amide bonds. The standard InChI is InChI=1S/C13H17N3O3.ClH/c1-9-7-10(16(18)19)3-4-12(9)13(17)15(2)11-5-6-14-8-11;/h3-4,7,11,14H,5-6,8H2,1-2H3;1H. The minimum atomic E-state index is -0.453. The van der Waals surface area contributed by atoms with Gasteiger partial charge in [0.15, 0.2) is 0 Å². The van der Waals surface area contributed by atoms with Crippen LogP contribution in [0.4, 0.5) is 5.69 Å². The van der Waals surface area contributed by atoms with Crippen LogP contribution < -0.4 is 5.32 Å². The molecule has 1 atom stereocenters. The molecule has 0 aliphatic carbocycles. The van der Waals surface area contributed by atoms with Gasteiger partial charge in [0, 0.05) is 37.3 Å². The first-order valence-electron chi connectivity index (χ1n) is 6.23. The summed E-state index contributed by atoms with van der Waals surface area (Å²) in [6, 6.07) is 4.55. The molecule has 0 aromatic heterocycles. The van der Waals surface area contributed by atoms with Crippen LogP contribution in [0.25, 0.3) is 0 Å². The minimum absolute atomic E-state index is 0. The number of carbonyl (C=O) groups excluding carboxylic acids is 1. The van der Waals surface area contributed by atoms with Crippen LogP contribution in [0.5, 0.6) is 0 Å². The summed E-state index contributed by atoms with van der Waals surface area (Å²) < 4.78 is 0. The van der Waals surface area contributed by atoms with Gasteiger partial charge in [-0.3, -0.25) is 14.9 Å². The largest absolute Gasteiger partial charge is 0.337 e. The van der Waals surface area contributed by atoms with Crippen molar-refractivity contribution in [2.45, 2.75) is 19.4 Å². The van der Waals surface area contributed by atoms with E-state index in [1.165, 1.54) is 18.2 Å². The number of nitrogens with zero attached hydrogens (tertiary/aromatic N) is 2. The van der Waals surface area contributed by atoms with E-state index in [0.29, 0.717) is 11.1 Å². The molecule has 1 saturated heterocycles. The van der Waals surface area contributed by atoms with Gasteiger partial charge in [-0.1, -0.05) is 0 Å². The fraction of sp³-hybridized carbons (Fsp3) is 0.462. The van der Waals surface area contributed by atoms with E-state index >= 15 is 0 Å². The van der Waals surface area contributed by atoms with Gasteiger partial charge in [0.05, 0.1) is 4.92 Å². The number of benzene rings is 1. The molecule has 1 N–H and O–H groups in total. The highest BCUT2D eigenvalue weighted by Gasteiger charge is 2.25. The Balaban J connectivity index is 0.00000200. The lowest BCUT2D eigenvalue weighted by Gasteiger charge is -2.24. The number of aryl methyl sites for hydroxylation is 1. The number of nitrogens with one attached hydrogen (secondary N) is 1. The van der Waals surface area contributed by atoms with Crippen LogP contribution in [0.1, 0.15) is 22.3 Å². The van der Waals surface area contributed by atoms with Crippen LogP contribution in [0.3, 0.4) is 0 Å². The van der Waals surface area contributed by atoms with Gasteiger partial charge in [0.1, 0.15) is 0 Å². The molecule has 0 saturated carbocycles. The molecule has 1 heterocycles. The van der Waals surface area contributed by atoms with Crippen molar-refractivity contribution in [1.82, 2.24) is 10.2 Å². The summed E-state index contributed by atoms with van der Waals surface area (Å²) in [5.41, 5.74) is 1.18. The highest BCUT2D eigenvalue weighted by molar-refractivity contribution is 5.96. The maximum atomic E-state index is 12.4. The van der Waals surface area contributed by atoms with Crippen LogP contribution in [-0.2, 0) is 0 Å². The third-order valence-electron chi connectivity index (χ3n) is 3.55. The first-order valence-corrected chi connectivity index (χ1v) is 6.23. The predicted molar refractivity (Wildman–Crippen MR) is 78.4 cm³/mol. The van der Waals surface area contributed by atoms with E-state index in [-0.39, 0.29) is 30.0 Å². The Labute approximate surface area is 123 Å². The first-order chi connectivity index (χ1) is 9.00. The number of hydrogen-bond donors (Lipinski definition) is 1. The zero-order valence-corrected chi connectivity index (χ0v) is 12.3. The van der Waals surface area contributed by atoms with Crippen molar-refractivity contribution in [2.24, 2.45) is 0 Å². The van der Waals surface area contributed by atoms with Gasteiger partial charge in [-0.25, -0.2) is 0 Å². The van der Waals surface area contributed by atoms with Crippen LogP contribution in [-0.4, -0.2) is 41.9 Å². The quantitative estimate of drug-likeness (QED) is 0.681. The van der Waals surface area contributed by atoms with E-state index in [1.807, 2.05) is 0 Å². The lowest BCUT2D eigenvalue weighted by molar-refractivity contribution is -0.384. The Morgan fingerprint density at radius 1 is 1.50 bits per heavy atom. The average Bonchev–Trinajstić information content (AvgIpc) is 2.90. The van der Waals surface area contributed by atoms with E-state index in [9.17, 15) is 14.9 Å². The number of rotatable bonds is 3. The molecule has 1 fully saturated rings. The van der Waals surface area contributed by atoms with Gasteiger partial charge in [0.25, 0.3) is 11.6 Å². The number of halogens is 1. The molecule has 1 aliphatic heterocycles. The van der Waals surface area contributed by atoms with Crippen molar-refractivity contribution in [2.75, 3.05) is 20.1 Å². The normalized spacial score (nSPS) is 17.4. The second-order valence-electron chi connectivity index (χ2n) is 4.82. The molecule has 1 unspecified atom stereocenters. The summed E-state index contributed by atoms with van der Waals surface area (Å²) in [6.45, 7) is 3.44. The Kier molecular flexibility index (Phi) is 5.47. The van der Waals surface area contributed by atoms with Gasteiger partial charge in [-0.15, -0.1) is 12.4 Å². The summed E-state index contributed by atoms with van der Waals surface area (Å²) in [5, 5.41) is 13.9. The van der Waals surface area contributed by atoms with E-state index < -0.39 is 4.92 Å². The van der Waals surface area contributed by atoms with Crippen molar-refractivity contribution in [3.63, 3.8) is 0 Å². The Morgan fingerprint density at radius 2 is 2.20 bits per heavy atom. The van der Waals surface area contributed by atoms with Crippen LogP contribution in [0.2, 0.25) is 0 Å². The number of non-ortho nitro benzene ring substituents is 1. The van der Waals surface area contributed by atoms with E-state index in [1.54, 1.807) is 18.9 Å². The van der Waals surface area contributed by atoms with Gasteiger partial charge in [0.2, 0.25) is 0 Å². The van der Waals surface area contributed by atoms with Gasteiger partial charge in [-0.2, -0.15) is 0 Å². The summed E-state index contributed by atoms with van der Waals surface area (Å²) in [6.07, 6.45) is 0.939. The molecule has 20 heavy (non-hydrogen) atoms. The summed E-state index contributed by atoms with van der Waals surface area (Å²) >= 11 is 0. The summed E-state index contributed by atoms with van der Waals surface area (Å²) in [4.78, 5) is 24.3. The van der Waals surface area contributed by atoms with Gasteiger partial charge < -0.3 is 10.2 Å². The van der Waals surface area contributed by atoms with Gasteiger partial charge in [-0.05, 0) is 31.5 Å². The maximum absolute atomic E-state index is 12.4. The SMILES string of the molecule is Cc1cc([N+](=O)[O-])ccc1C(=O)N(C)C1CCNC1.Cl. The third-order valence-corrected chi connectivity index (χ3v) is 3.55. The smallest absolute Gasteiger partial charge is 0.269 e. The molecule has 6 nitrogen and oxygen atoms in total. The predicted octanol–water partition coefficient (Wildman–Crippen LogP) is 1.76. The van der Waals surface area contributed by atoms with Crippen molar-refractivity contribution >= 4 is 24.0 Å². The average molecular weight is 300 g/mol. The molecule has 110 valence electrons. The number of amides is 1. The lowest BCUT2D eigenvalue weighted by atomic mass is 10.1. The fourth-order valence-corrected chi connectivity index (χ4v) is 2.33. The van der Waals surface area contributed by atoms with Gasteiger partial charge >= 0.3 is 0 Å². The van der Waals surface area contributed by atoms with Crippen LogP contribution in [0.15, 0.2) is 18.2 Å². The second kappa shape index (κ2) is 6.67. The van der Waals surface area contributed by atoms with Crippen molar-refractivity contribution < 1.29 is 9.72 Å². The van der Waals surface area contributed by atoms with E-state index in [0.717, 1.165) is 19.5 Å². The molecule has 1 aromatic rings. The fourth-order valence-electron chi connectivity index (χ4n) is 2.33. The molecule has 0 radical (unpaired) electrons. The monoisotopic (exact) mass is 299 g/mol. The molecule has 1 aromatic carbocycles. The number of likely N-dealkylation sites (N-methyl/N-ethyl adjacent to an activating group) is 1. The first kappa shape index (κ1) is 16.4. The molecule has 0 spiro atoms. The molecule has 7 heteroatoms. The lowest BCUT2D eigenvalue weighted by Crippen LogP contribution is -2.38. The minimum Gasteiger partial charge on any atom is -0.337 e. The number of hydrogen-bond acceptors (Lipinski definition) is 4. The summed E-state index contributed by atoms with van der Waals surface area (Å²) in [5.74, 6) is -0.0823. The third kappa shape index (κ3) is 3.26. The molecule has 2 rings (SSSR count). The Bertz CT molecular complexity index is 516. The van der Waals surface area contributed by atoms with E-state index in [2.05, 4.69) is 5.32 Å². The van der Waals surface area contributed by atoms with Crippen molar-refractivity contribution in [3.8, 4) is 0 Å². The topological polar surface area (TPSA) is 75.5 Å². The number of carbonyl (C=O) groups is 1. The number of nitro groups is 1. The van der Waals surface area contributed by atoms with Crippen LogP contribution in [0, 0.1) is 17.0 Å². The summed E-state index contributed by atoms with van der Waals surface area (Å²) in [7, 11) is 1.78. The van der Waals surface area contributed by atoms with Crippen molar-refractivity contribution in [1.29, 1.82) is 0 Å². The number of nitro benzene ring substituents is 1. The zero-order chi connectivity index (χ0) is 14.0. The molecular weight excluding hydrogens is 282 g/mol. The Morgan fingerprint density at radius 3 is 2.70 bits per heavy atom. The maximum Gasteiger partial charge on any atom is 0.269 e. The second-order valence-corrected chi connectivity index (χ2v) is 4.82. The van der Waals surface area contributed by atoms with Crippen LogP contribution >= 0.6 is 12.4 Å². The molecule has 0 bridgehead atoms. The highest BCUT2D eigenvalue weighted by Crippen LogP contribution is 2.19. The molecule has 1 aliphatic rings. The zero-order valence-electron chi connectivity index (χ0n) is 11.5. The Hall–Kier alpha value is -1.66. The van der Waals surface area contributed by atoms with E-state index in [4.69, 9.17) is 0 Å². The molecular formula is C13H18ClN3O3. The van der Waals surface area contributed by atoms with Crippen molar-refractivity contribution in [3.05, 3.63) is 39.4 Å².